The maximum absolute atomic E-state index is 13.0. The molecule has 0 saturated heterocycles. The standard InChI is InChI=1S/C22H20FN3O/c23-19-9-7-16(8-10-19)15-25-22(27)18-11-12-24-21(14-18)26-13-3-5-17-4-1-2-6-20(17)26/h1-2,4,6-12,14H,3,5,13,15H2,(H,25,27). The Balaban J connectivity index is 1.51. The van der Waals surface area contributed by atoms with Crippen LogP contribution >= 0.6 is 0 Å². The summed E-state index contributed by atoms with van der Waals surface area (Å²) in [5.74, 6) is 0.315. The molecule has 4 rings (SSSR count). The van der Waals surface area contributed by atoms with Gasteiger partial charge in [0.1, 0.15) is 11.6 Å². The Morgan fingerprint density at radius 3 is 2.78 bits per heavy atom. The second kappa shape index (κ2) is 7.58. The minimum absolute atomic E-state index is 0.173. The number of pyridine rings is 1. The maximum atomic E-state index is 13.0. The zero-order chi connectivity index (χ0) is 18.6. The molecular formula is C22H20FN3O. The Labute approximate surface area is 157 Å². The first-order chi connectivity index (χ1) is 13.2. The van der Waals surface area contributed by atoms with Gasteiger partial charge in [0.15, 0.2) is 0 Å². The Hall–Kier alpha value is -3.21. The van der Waals surface area contributed by atoms with Gasteiger partial charge in [0.05, 0.1) is 0 Å². The average molecular weight is 361 g/mol. The third kappa shape index (κ3) is 3.82. The second-order valence-corrected chi connectivity index (χ2v) is 6.60. The maximum Gasteiger partial charge on any atom is 0.251 e. The van der Waals surface area contributed by atoms with Gasteiger partial charge in [-0.15, -0.1) is 0 Å². The number of halogens is 1. The van der Waals surface area contributed by atoms with Gasteiger partial charge in [-0.2, -0.15) is 0 Å². The molecule has 4 nitrogen and oxygen atoms in total. The lowest BCUT2D eigenvalue weighted by molar-refractivity contribution is 0.0951. The van der Waals surface area contributed by atoms with Crippen LogP contribution in [0.25, 0.3) is 0 Å². The van der Waals surface area contributed by atoms with Crippen molar-refractivity contribution >= 4 is 17.4 Å². The molecule has 1 aromatic heterocycles. The average Bonchev–Trinajstić information content (AvgIpc) is 2.73. The van der Waals surface area contributed by atoms with Gasteiger partial charge in [-0.1, -0.05) is 30.3 Å². The predicted molar refractivity (Wildman–Crippen MR) is 104 cm³/mol. The van der Waals surface area contributed by atoms with E-state index in [1.54, 1.807) is 24.4 Å². The molecule has 1 aliphatic heterocycles. The SMILES string of the molecule is O=C(NCc1ccc(F)cc1)c1ccnc(N2CCCc3ccccc32)c1. The minimum atomic E-state index is -0.286. The second-order valence-electron chi connectivity index (χ2n) is 6.60. The van der Waals surface area contributed by atoms with Crippen LogP contribution < -0.4 is 10.2 Å². The first-order valence-electron chi connectivity index (χ1n) is 9.05. The van der Waals surface area contributed by atoms with Crippen LogP contribution in [0.5, 0.6) is 0 Å². The van der Waals surface area contributed by atoms with E-state index < -0.39 is 0 Å². The van der Waals surface area contributed by atoms with Gasteiger partial charge in [0.2, 0.25) is 0 Å². The number of para-hydroxylation sites is 1. The van der Waals surface area contributed by atoms with Crippen molar-refractivity contribution in [3.63, 3.8) is 0 Å². The van der Waals surface area contributed by atoms with E-state index in [0.29, 0.717) is 12.1 Å². The quantitative estimate of drug-likeness (QED) is 0.756. The highest BCUT2D eigenvalue weighted by atomic mass is 19.1. The number of carbonyl (C=O) groups is 1. The number of benzene rings is 2. The molecule has 0 spiro atoms. The summed E-state index contributed by atoms with van der Waals surface area (Å²) in [5.41, 5.74) is 3.87. The lowest BCUT2D eigenvalue weighted by Crippen LogP contribution is -2.26. The summed E-state index contributed by atoms with van der Waals surface area (Å²) >= 11 is 0. The normalized spacial score (nSPS) is 13.1. The number of anilines is 2. The number of amides is 1. The van der Waals surface area contributed by atoms with Crippen LogP contribution in [0.2, 0.25) is 0 Å². The van der Waals surface area contributed by atoms with Gasteiger partial charge in [-0.05, 0) is 54.3 Å². The molecule has 0 radical (unpaired) electrons. The number of hydrogen-bond donors (Lipinski definition) is 1. The van der Waals surface area contributed by atoms with Crippen LogP contribution in [0.1, 0.15) is 27.9 Å². The number of carbonyl (C=O) groups excluding carboxylic acids is 1. The van der Waals surface area contributed by atoms with Gasteiger partial charge in [0, 0.05) is 30.5 Å². The van der Waals surface area contributed by atoms with Crippen molar-refractivity contribution in [3.8, 4) is 0 Å². The molecule has 0 atom stereocenters. The minimum Gasteiger partial charge on any atom is -0.348 e. The fourth-order valence-corrected chi connectivity index (χ4v) is 3.37. The van der Waals surface area contributed by atoms with Gasteiger partial charge in [-0.3, -0.25) is 4.79 Å². The van der Waals surface area contributed by atoms with Crippen LogP contribution in [0.15, 0.2) is 66.9 Å². The zero-order valence-electron chi connectivity index (χ0n) is 14.9. The topological polar surface area (TPSA) is 45.2 Å². The van der Waals surface area contributed by atoms with Gasteiger partial charge in [-0.25, -0.2) is 9.37 Å². The summed E-state index contributed by atoms with van der Waals surface area (Å²) in [4.78, 5) is 19.2. The van der Waals surface area contributed by atoms with Gasteiger partial charge in [0.25, 0.3) is 5.91 Å². The molecule has 2 heterocycles. The molecule has 0 fully saturated rings. The summed E-state index contributed by atoms with van der Waals surface area (Å²) in [6, 6.07) is 17.9. The van der Waals surface area contributed by atoms with Crippen LogP contribution in [0.3, 0.4) is 0 Å². The zero-order valence-corrected chi connectivity index (χ0v) is 14.9. The Morgan fingerprint density at radius 1 is 1.11 bits per heavy atom. The third-order valence-corrected chi connectivity index (χ3v) is 4.76. The number of hydrogen-bond acceptors (Lipinski definition) is 3. The molecule has 2 aromatic carbocycles. The van der Waals surface area contributed by atoms with E-state index in [1.165, 1.54) is 17.7 Å². The molecule has 0 bridgehead atoms. The molecule has 27 heavy (non-hydrogen) atoms. The smallest absolute Gasteiger partial charge is 0.251 e. The van der Waals surface area contributed by atoms with E-state index in [0.717, 1.165) is 36.5 Å². The van der Waals surface area contributed by atoms with Gasteiger partial charge < -0.3 is 10.2 Å². The van der Waals surface area contributed by atoms with E-state index >= 15 is 0 Å². The van der Waals surface area contributed by atoms with Crippen molar-refractivity contribution in [2.45, 2.75) is 19.4 Å². The van der Waals surface area contributed by atoms with E-state index in [9.17, 15) is 9.18 Å². The summed E-state index contributed by atoms with van der Waals surface area (Å²) < 4.78 is 13.0. The Kier molecular flexibility index (Phi) is 4.83. The monoisotopic (exact) mass is 361 g/mol. The van der Waals surface area contributed by atoms with E-state index in [1.807, 2.05) is 12.1 Å². The van der Waals surface area contributed by atoms with Gasteiger partial charge >= 0.3 is 0 Å². The first-order valence-corrected chi connectivity index (χ1v) is 9.05. The molecule has 5 heteroatoms. The molecule has 3 aromatic rings. The summed E-state index contributed by atoms with van der Waals surface area (Å²) in [6.45, 7) is 1.23. The van der Waals surface area contributed by atoms with Crippen molar-refractivity contribution in [3.05, 3.63) is 89.4 Å². The fourth-order valence-electron chi connectivity index (χ4n) is 3.37. The Morgan fingerprint density at radius 2 is 1.93 bits per heavy atom. The molecule has 1 N–H and O–H groups in total. The number of fused-ring (bicyclic) bond motifs is 1. The molecule has 0 unspecified atom stereocenters. The van der Waals surface area contributed by atoms with Crippen molar-refractivity contribution in [1.29, 1.82) is 0 Å². The number of aromatic nitrogens is 1. The molecular weight excluding hydrogens is 341 g/mol. The van der Waals surface area contributed by atoms with Crippen LogP contribution in [-0.2, 0) is 13.0 Å². The van der Waals surface area contributed by atoms with E-state index in [-0.39, 0.29) is 11.7 Å². The third-order valence-electron chi connectivity index (χ3n) is 4.76. The molecule has 136 valence electrons. The fraction of sp³-hybridized carbons (Fsp3) is 0.182. The van der Waals surface area contributed by atoms with Crippen LogP contribution in [-0.4, -0.2) is 17.4 Å². The molecule has 0 aliphatic carbocycles. The number of rotatable bonds is 4. The molecule has 0 saturated carbocycles. The van der Waals surface area contributed by atoms with Crippen molar-refractivity contribution < 1.29 is 9.18 Å². The summed E-state index contributed by atoms with van der Waals surface area (Å²) in [6.07, 6.45) is 3.78. The highest BCUT2D eigenvalue weighted by Gasteiger charge is 2.19. The summed E-state index contributed by atoms with van der Waals surface area (Å²) in [7, 11) is 0. The highest BCUT2D eigenvalue weighted by molar-refractivity contribution is 5.95. The van der Waals surface area contributed by atoms with Crippen molar-refractivity contribution in [1.82, 2.24) is 10.3 Å². The lowest BCUT2D eigenvalue weighted by atomic mass is 10.0. The number of nitrogens with zero attached hydrogens (tertiary/aromatic N) is 2. The highest BCUT2D eigenvalue weighted by Crippen LogP contribution is 2.32. The summed E-state index contributed by atoms with van der Waals surface area (Å²) in [5, 5.41) is 2.88. The predicted octanol–water partition coefficient (Wildman–Crippen LogP) is 4.24. The molecule has 1 amide bonds. The van der Waals surface area contributed by atoms with E-state index in [2.05, 4.69) is 33.4 Å². The van der Waals surface area contributed by atoms with Crippen LogP contribution in [0, 0.1) is 5.82 Å². The number of aryl methyl sites for hydroxylation is 1. The largest absolute Gasteiger partial charge is 0.348 e. The first kappa shape index (κ1) is 17.2. The van der Waals surface area contributed by atoms with E-state index in [4.69, 9.17) is 0 Å². The molecule has 1 aliphatic rings. The lowest BCUT2D eigenvalue weighted by Gasteiger charge is -2.30. The van der Waals surface area contributed by atoms with Crippen LogP contribution in [0.4, 0.5) is 15.9 Å². The van der Waals surface area contributed by atoms with Crippen molar-refractivity contribution in [2.24, 2.45) is 0 Å². The number of nitrogens with one attached hydrogen (secondary N) is 1. The van der Waals surface area contributed by atoms with Crippen molar-refractivity contribution in [2.75, 3.05) is 11.4 Å². The Bertz CT molecular complexity index is 956.